The summed E-state index contributed by atoms with van der Waals surface area (Å²) >= 11 is 0. The summed E-state index contributed by atoms with van der Waals surface area (Å²) in [6, 6.07) is 40.2. The summed E-state index contributed by atoms with van der Waals surface area (Å²) in [6.45, 7) is 1.09. The molecule has 0 atom stereocenters. The van der Waals surface area contributed by atoms with Gasteiger partial charge in [0.05, 0.1) is 13.2 Å². The molecule has 0 bridgehead atoms. The maximum absolute atomic E-state index is 14.1. The van der Waals surface area contributed by atoms with Crippen LogP contribution in [-0.2, 0) is 9.53 Å². The third kappa shape index (κ3) is 4.00. The Morgan fingerprint density at radius 3 is 1.39 bits per heavy atom. The Morgan fingerprint density at radius 2 is 0.972 bits per heavy atom. The molecule has 0 radical (unpaired) electrons. The van der Waals surface area contributed by atoms with Crippen molar-refractivity contribution in [3.8, 4) is 0 Å². The van der Waals surface area contributed by atoms with Crippen molar-refractivity contribution in [2.45, 2.75) is 0 Å². The maximum Gasteiger partial charge on any atom is 0.256 e. The minimum Gasteiger partial charge on any atom is -0.372 e. The zero-order valence-corrected chi connectivity index (χ0v) is 19.8. The molecule has 36 heavy (non-hydrogen) atoms. The highest BCUT2D eigenvalue weighted by atomic mass is 16.5. The molecule has 0 saturated carbocycles. The van der Waals surface area contributed by atoms with Crippen molar-refractivity contribution in [3.63, 3.8) is 0 Å². The molecule has 1 amide bonds. The lowest BCUT2D eigenvalue weighted by atomic mass is 9.91. The standard InChI is InChI=1S/C33H25NO2/c35-31(34(26-17-9-3-10-18-26)27-19-11-4-12-20-27)21-28-32(24-13-5-1-6-14-24)29-22-36-23-30(29)33(28)25-15-7-2-8-16-25/h1-21H,22-23H2. The van der Waals surface area contributed by atoms with E-state index >= 15 is 0 Å². The number of fused-ring (bicyclic) bond motifs is 1. The first kappa shape index (κ1) is 22.0. The molecular weight excluding hydrogens is 442 g/mol. The van der Waals surface area contributed by atoms with Crippen LogP contribution in [0.2, 0.25) is 0 Å². The molecule has 0 aromatic heterocycles. The van der Waals surface area contributed by atoms with E-state index in [2.05, 4.69) is 24.3 Å². The van der Waals surface area contributed by atoms with Gasteiger partial charge in [0.25, 0.3) is 5.91 Å². The van der Waals surface area contributed by atoms with E-state index in [-0.39, 0.29) is 5.91 Å². The van der Waals surface area contributed by atoms with Gasteiger partial charge in [-0.1, -0.05) is 97.1 Å². The fourth-order valence-electron chi connectivity index (χ4n) is 5.08. The van der Waals surface area contributed by atoms with Crippen molar-refractivity contribution < 1.29 is 9.53 Å². The number of rotatable bonds is 5. The van der Waals surface area contributed by atoms with Crippen LogP contribution in [0.25, 0.3) is 11.1 Å². The van der Waals surface area contributed by atoms with Crippen LogP contribution in [0, 0.1) is 0 Å². The van der Waals surface area contributed by atoms with Crippen LogP contribution < -0.4 is 4.90 Å². The molecule has 3 nitrogen and oxygen atoms in total. The highest BCUT2D eigenvalue weighted by Crippen LogP contribution is 2.49. The highest BCUT2D eigenvalue weighted by Gasteiger charge is 2.35. The molecule has 1 fully saturated rings. The molecule has 0 unspecified atom stereocenters. The summed E-state index contributed by atoms with van der Waals surface area (Å²) in [6.07, 6.45) is 1.81. The Hall–Kier alpha value is -4.47. The van der Waals surface area contributed by atoms with Gasteiger partial charge in [0, 0.05) is 17.5 Å². The minimum atomic E-state index is -0.0913. The predicted molar refractivity (Wildman–Crippen MR) is 146 cm³/mol. The maximum atomic E-state index is 14.1. The monoisotopic (exact) mass is 467 g/mol. The summed E-state index contributed by atoms with van der Waals surface area (Å²) in [5, 5.41) is 0. The number of nitrogens with zero attached hydrogens (tertiary/aromatic N) is 1. The van der Waals surface area contributed by atoms with Gasteiger partial charge in [-0.3, -0.25) is 9.69 Å². The van der Waals surface area contributed by atoms with Gasteiger partial charge >= 0.3 is 0 Å². The fourth-order valence-corrected chi connectivity index (χ4v) is 5.08. The summed E-state index contributed by atoms with van der Waals surface area (Å²) in [7, 11) is 0. The normalized spacial score (nSPS) is 14.7. The smallest absolute Gasteiger partial charge is 0.256 e. The molecule has 2 aliphatic rings. The zero-order valence-electron chi connectivity index (χ0n) is 19.8. The third-order valence-electron chi connectivity index (χ3n) is 6.64. The SMILES string of the molecule is O=C(C=C1C(c2ccccc2)=C2COCC2=C1c1ccccc1)N(c1ccccc1)c1ccccc1. The average Bonchev–Trinajstić information content (AvgIpc) is 3.51. The number of anilines is 2. The first-order valence-corrected chi connectivity index (χ1v) is 12.1. The van der Waals surface area contributed by atoms with Gasteiger partial charge in [-0.25, -0.2) is 0 Å². The van der Waals surface area contributed by atoms with Crippen LogP contribution in [0.3, 0.4) is 0 Å². The number of benzene rings is 4. The minimum absolute atomic E-state index is 0.0913. The third-order valence-corrected chi connectivity index (χ3v) is 6.64. The summed E-state index contributed by atoms with van der Waals surface area (Å²) < 4.78 is 5.92. The van der Waals surface area contributed by atoms with Crippen molar-refractivity contribution in [2.75, 3.05) is 18.1 Å². The lowest BCUT2D eigenvalue weighted by molar-refractivity contribution is -0.113. The van der Waals surface area contributed by atoms with E-state index in [1.807, 2.05) is 103 Å². The number of hydrogen-bond donors (Lipinski definition) is 0. The zero-order chi connectivity index (χ0) is 24.3. The van der Waals surface area contributed by atoms with Crippen LogP contribution >= 0.6 is 0 Å². The second-order valence-electron chi connectivity index (χ2n) is 8.83. The van der Waals surface area contributed by atoms with Gasteiger partial charge in [-0.05, 0) is 63.3 Å². The fraction of sp³-hybridized carbons (Fsp3) is 0.0606. The van der Waals surface area contributed by atoms with Crippen LogP contribution in [-0.4, -0.2) is 19.1 Å². The van der Waals surface area contributed by atoms with Gasteiger partial charge in [0.1, 0.15) is 0 Å². The predicted octanol–water partition coefficient (Wildman–Crippen LogP) is 7.23. The first-order chi connectivity index (χ1) is 17.8. The summed E-state index contributed by atoms with van der Waals surface area (Å²) in [5.74, 6) is -0.0913. The molecule has 4 aromatic rings. The molecular formula is C33H25NO2. The van der Waals surface area contributed by atoms with Gasteiger partial charge in [0.2, 0.25) is 0 Å². The van der Waals surface area contributed by atoms with E-state index in [1.165, 1.54) is 11.1 Å². The molecule has 1 aliphatic carbocycles. The molecule has 1 heterocycles. The van der Waals surface area contributed by atoms with E-state index in [0.29, 0.717) is 13.2 Å². The number of hydrogen-bond acceptors (Lipinski definition) is 2. The average molecular weight is 468 g/mol. The summed E-state index contributed by atoms with van der Waals surface area (Å²) in [5.41, 5.74) is 9.29. The van der Waals surface area contributed by atoms with Crippen molar-refractivity contribution in [1.82, 2.24) is 0 Å². The summed E-state index contributed by atoms with van der Waals surface area (Å²) in [4.78, 5) is 15.9. The van der Waals surface area contributed by atoms with E-state index in [1.54, 1.807) is 4.90 Å². The van der Waals surface area contributed by atoms with Crippen LogP contribution in [0.5, 0.6) is 0 Å². The van der Waals surface area contributed by atoms with Gasteiger partial charge in [-0.2, -0.15) is 0 Å². The number of carbonyl (C=O) groups is 1. The Bertz CT molecular complexity index is 1380. The number of para-hydroxylation sites is 2. The molecule has 174 valence electrons. The molecule has 0 N–H and O–H groups in total. The molecule has 4 aromatic carbocycles. The van der Waals surface area contributed by atoms with E-state index in [4.69, 9.17) is 4.74 Å². The number of ether oxygens (including phenoxy) is 1. The van der Waals surface area contributed by atoms with Crippen molar-refractivity contribution in [1.29, 1.82) is 0 Å². The Kier molecular flexibility index (Phi) is 5.90. The van der Waals surface area contributed by atoms with Crippen LogP contribution in [0.4, 0.5) is 11.4 Å². The largest absolute Gasteiger partial charge is 0.372 e. The Balaban J connectivity index is 1.54. The highest BCUT2D eigenvalue weighted by molar-refractivity contribution is 6.16. The van der Waals surface area contributed by atoms with Gasteiger partial charge in [-0.15, -0.1) is 0 Å². The second-order valence-corrected chi connectivity index (χ2v) is 8.83. The Labute approximate surface area is 211 Å². The van der Waals surface area contributed by atoms with Crippen LogP contribution in [0.1, 0.15) is 11.1 Å². The Morgan fingerprint density at radius 1 is 0.583 bits per heavy atom. The van der Waals surface area contributed by atoms with Crippen molar-refractivity contribution in [2.24, 2.45) is 0 Å². The lowest BCUT2D eigenvalue weighted by Gasteiger charge is -2.23. The number of amides is 1. The van der Waals surface area contributed by atoms with Crippen LogP contribution in [0.15, 0.2) is 144 Å². The lowest BCUT2D eigenvalue weighted by Crippen LogP contribution is -2.24. The first-order valence-electron chi connectivity index (χ1n) is 12.1. The molecule has 0 spiro atoms. The quantitative estimate of drug-likeness (QED) is 0.290. The molecule has 3 heteroatoms. The van der Waals surface area contributed by atoms with Gasteiger partial charge in [0.15, 0.2) is 0 Å². The molecule has 6 rings (SSSR count). The molecule has 1 aliphatic heterocycles. The van der Waals surface area contributed by atoms with E-state index < -0.39 is 0 Å². The second kappa shape index (κ2) is 9.65. The topological polar surface area (TPSA) is 29.5 Å². The number of allylic oxidation sites excluding steroid dienone is 3. The van der Waals surface area contributed by atoms with Gasteiger partial charge < -0.3 is 4.74 Å². The van der Waals surface area contributed by atoms with Crippen molar-refractivity contribution >= 4 is 28.4 Å². The van der Waals surface area contributed by atoms with Crippen molar-refractivity contribution in [3.05, 3.63) is 155 Å². The number of carbonyl (C=O) groups excluding carboxylic acids is 1. The molecule has 1 saturated heterocycles. The van der Waals surface area contributed by atoms with E-state index in [9.17, 15) is 4.79 Å². The van der Waals surface area contributed by atoms with E-state index in [0.717, 1.165) is 39.2 Å².